The summed E-state index contributed by atoms with van der Waals surface area (Å²) in [7, 11) is 2.05. The molecule has 2 aliphatic rings. The van der Waals surface area contributed by atoms with Gasteiger partial charge < -0.3 is 15.1 Å². The second-order valence-corrected chi connectivity index (χ2v) is 9.24. The fourth-order valence-electron chi connectivity index (χ4n) is 4.98. The van der Waals surface area contributed by atoms with E-state index in [1.54, 1.807) is 35.4 Å². The van der Waals surface area contributed by atoms with Gasteiger partial charge in [0.1, 0.15) is 6.07 Å². The average Bonchev–Trinajstić information content (AvgIpc) is 2.79. The highest BCUT2D eigenvalue weighted by atomic mass is 19.4. The monoisotopic (exact) mass is 459 g/mol. The van der Waals surface area contributed by atoms with Gasteiger partial charge in [-0.3, -0.25) is 9.78 Å². The predicted octanol–water partition coefficient (Wildman–Crippen LogP) is 3.71. The van der Waals surface area contributed by atoms with Crippen LogP contribution in [0.15, 0.2) is 30.5 Å². The SMILES string of the molecule is CN1CCC(CC(=O)N[C@@H]2C[C@H](C(F)(F)F)CN(c3ccc(C#N)c4ncccc34)C2)CC1. The third kappa shape index (κ3) is 5.38. The van der Waals surface area contributed by atoms with Crippen molar-refractivity contribution in [1.29, 1.82) is 5.26 Å². The topological polar surface area (TPSA) is 72.3 Å². The maximum Gasteiger partial charge on any atom is 0.393 e. The average molecular weight is 460 g/mol. The molecule has 4 rings (SSSR count). The molecule has 1 N–H and O–H groups in total. The van der Waals surface area contributed by atoms with Gasteiger partial charge in [-0.25, -0.2) is 0 Å². The van der Waals surface area contributed by atoms with Crippen molar-refractivity contribution in [2.45, 2.75) is 37.9 Å². The number of aromatic nitrogens is 1. The van der Waals surface area contributed by atoms with Gasteiger partial charge in [0.2, 0.25) is 5.91 Å². The first-order valence-electron chi connectivity index (χ1n) is 11.3. The molecule has 0 bridgehead atoms. The molecule has 2 atom stereocenters. The normalized spacial score (nSPS) is 22.8. The molecule has 2 fully saturated rings. The lowest BCUT2D eigenvalue weighted by molar-refractivity contribution is -0.178. The third-order valence-corrected chi connectivity index (χ3v) is 6.80. The molecule has 0 unspecified atom stereocenters. The van der Waals surface area contributed by atoms with Crippen molar-refractivity contribution < 1.29 is 18.0 Å². The molecule has 2 saturated heterocycles. The van der Waals surface area contributed by atoms with Crippen LogP contribution >= 0.6 is 0 Å². The molecule has 1 aromatic heterocycles. The minimum absolute atomic E-state index is 0.133. The van der Waals surface area contributed by atoms with E-state index in [0.29, 0.717) is 28.6 Å². The van der Waals surface area contributed by atoms with Gasteiger partial charge in [-0.15, -0.1) is 0 Å². The van der Waals surface area contributed by atoms with Gasteiger partial charge >= 0.3 is 6.18 Å². The largest absolute Gasteiger partial charge is 0.393 e. The molecule has 2 aliphatic heterocycles. The van der Waals surface area contributed by atoms with E-state index in [1.165, 1.54) is 0 Å². The summed E-state index contributed by atoms with van der Waals surface area (Å²) in [6.07, 6.45) is -0.730. The van der Waals surface area contributed by atoms with Crippen LogP contribution < -0.4 is 10.2 Å². The molecule has 0 spiro atoms. The van der Waals surface area contributed by atoms with Crippen LogP contribution in [0.3, 0.4) is 0 Å². The standard InChI is InChI=1S/C24H28F3N5O/c1-31-9-6-16(7-10-31)11-22(33)30-19-12-18(24(25,26)27)14-32(15-19)21-5-4-17(13-28)23-20(21)3-2-8-29-23/h2-5,8,16,18-19H,6-7,9-12,14-15H2,1H3,(H,30,33)/t18-,19+/m0/s1. The fraction of sp³-hybridized carbons (Fsp3) is 0.542. The van der Waals surface area contributed by atoms with E-state index < -0.39 is 18.1 Å². The van der Waals surface area contributed by atoms with Gasteiger partial charge in [0, 0.05) is 42.8 Å². The van der Waals surface area contributed by atoms with Gasteiger partial charge in [-0.1, -0.05) is 0 Å². The van der Waals surface area contributed by atoms with Crippen molar-refractivity contribution in [3.05, 3.63) is 36.0 Å². The van der Waals surface area contributed by atoms with Crippen molar-refractivity contribution >= 4 is 22.5 Å². The molecular formula is C24H28F3N5O. The Bertz CT molecular complexity index is 1040. The number of fused-ring (bicyclic) bond motifs is 1. The van der Waals surface area contributed by atoms with Gasteiger partial charge in [0.05, 0.1) is 17.0 Å². The number of nitriles is 1. The summed E-state index contributed by atoms with van der Waals surface area (Å²) >= 11 is 0. The number of piperidine rings is 2. The number of likely N-dealkylation sites (tertiary alicyclic amines) is 1. The van der Waals surface area contributed by atoms with Crippen LogP contribution in [0.2, 0.25) is 0 Å². The number of benzene rings is 1. The van der Waals surface area contributed by atoms with Crippen LogP contribution in [0.1, 0.15) is 31.2 Å². The van der Waals surface area contributed by atoms with Crippen LogP contribution in [0.5, 0.6) is 0 Å². The highest BCUT2D eigenvalue weighted by molar-refractivity contribution is 5.95. The summed E-state index contributed by atoms with van der Waals surface area (Å²) < 4.78 is 41.4. The van der Waals surface area contributed by atoms with E-state index in [4.69, 9.17) is 0 Å². The van der Waals surface area contributed by atoms with Gasteiger partial charge in [0.25, 0.3) is 0 Å². The summed E-state index contributed by atoms with van der Waals surface area (Å²) in [5.74, 6) is -1.46. The fourth-order valence-corrected chi connectivity index (χ4v) is 4.98. The number of carbonyl (C=O) groups excluding carboxylic acids is 1. The summed E-state index contributed by atoms with van der Waals surface area (Å²) in [4.78, 5) is 20.8. The van der Waals surface area contributed by atoms with E-state index in [-0.39, 0.29) is 31.3 Å². The Morgan fingerprint density at radius 2 is 2.00 bits per heavy atom. The number of nitrogens with one attached hydrogen (secondary N) is 1. The molecule has 6 nitrogen and oxygen atoms in total. The van der Waals surface area contributed by atoms with Gasteiger partial charge in [0.15, 0.2) is 0 Å². The molecule has 3 heterocycles. The first-order chi connectivity index (χ1) is 15.7. The number of carbonyl (C=O) groups is 1. The number of nitrogens with zero attached hydrogens (tertiary/aromatic N) is 4. The third-order valence-electron chi connectivity index (χ3n) is 6.80. The predicted molar refractivity (Wildman–Crippen MR) is 120 cm³/mol. The minimum atomic E-state index is -4.36. The number of amides is 1. The quantitative estimate of drug-likeness (QED) is 0.755. The molecule has 33 heavy (non-hydrogen) atoms. The number of rotatable bonds is 4. The molecule has 1 aromatic carbocycles. The first kappa shape index (κ1) is 23.3. The van der Waals surface area contributed by atoms with Crippen LogP contribution in [-0.4, -0.2) is 61.2 Å². The smallest absolute Gasteiger partial charge is 0.368 e. The Hall–Kier alpha value is -2.86. The summed E-state index contributed by atoms with van der Waals surface area (Å²) in [5.41, 5.74) is 1.44. The second-order valence-electron chi connectivity index (χ2n) is 9.24. The number of hydrogen-bond donors (Lipinski definition) is 1. The molecule has 9 heteroatoms. The Labute approximate surface area is 191 Å². The van der Waals surface area contributed by atoms with Gasteiger partial charge in [-0.05, 0) is 69.6 Å². The zero-order chi connectivity index (χ0) is 23.6. The number of anilines is 1. The Morgan fingerprint density at radius 1 is 1.24 bits per heavy atom. The highest BCUT2D eigenvalue weighted by Gasteiger charge is 2.45. The Balaban J connectivity index is 1.54. The van der Waals surface area contributed by atoms with Crippen molar-refractivity contribution in [3.63, 3.8) is 0 Å². The van der Waals surface area contributed by atoms with E-state index in [9.17, 15) is 23.2 Å². The molecule has 2 aromatic rings. The van der Waals surface area contributed by atoms with E-state index >= 15 is 0 Å². The van der Waals surface area contributed by atoms with Crippen molar-refractivity contribution in [3.8, 4) is 6.07 Å². The zero-order valence-electron chi connectivity index (χ0n) is 18.6. The van der Waals surface area contributed by atoms with Gasteiger partial charge in [-0.2, -0.15) is 18.4 Å². The van der Waals surface area contributed by atoms with E-state index in [0.717, 1.165) is 25.9 Å². The lowest BCUT2D eigenvalue weighted by Crippen LogP contribution is -2.54. The second kappa shape index (κ2) is 9.56. The van der Waals surface area contributed by atoms with E-state index in [2.05, 4.69) is 21.3 Å². The number of hydrogen-bond acceptors (Lipinski definition) is 5. The summed E-state index contributed by atoms with van der Waals surface area (Å²) in [6.45, 7) is 1.96. The van der Waals surface area contributed by atoms with E-state index in [1.807, 2.05) is 7.05 Å². The van der Waals surface area contributed by atoms with Crippen LogP contribution in [0.25, 0.3) is 10.9 Å². The summed E-state index contributed by atoms with van der Waals surface area (Å²) in [6, 6.07) is 8.23. The van der Waals surface area contributed by atoms with Crippen LogP contribution in [0.4, 0.5) is 18.9 Å². The minimum Gasteiger partial charge on any atom is -0.368 e. The first-order valence-corrected chi connectivity index (χ1v) is 11.3. The molecule has 176 valence electrons. The van der Waals surface area contributed by atoms with Crippen molar-refractivity contribution in [2.75, 3.05) is 38.1 Å². The van der Waals surface area contributed by atoms with Crippen LogP contribution in [-0.2, 0) is 4.79 Å². The number of pyridine rings is 1. The highest BCUT2D eigenvalue weighted by Crippen LogP contribution is 2.37. The maximum absolute atomic E-state index is 13.8. The lowest BCUT2D eigenvalue weighted by Gasteiger charge is -2.40. The van der Waals surface area contributed by atoms with Crippen molar-refractivity contribution in [1.82, 2.24) is 15.2 Å². The molecule has 1 amide bonds. The zero-order valence-corrected chi connectivity index (χ0v) is 18.6. The molecule has 0 saturated carbocycles. The molecular weight excluding hydrogens is 431 g/mol. The van der Waals surface area contributed by atoms with Crippen molar-refractivity contribution in [2.24, 2.45) is 11.8 Å². The lowest BCUT2D eigenvalue weighted by atomic mass is 9.91. The number of alkyl halides is 3. The maximum atomic E-state index is 13.8. The number of halogens is 3. The summed E-state index contributed by atoms with van der Waals surface area (Å²) in [5, 5.41) is 12.9. The molecule has 0 radical (unpaired) electrons. The Morgan fingerprint density at radius 3 is 2.70 bits per heavy atom. The van der Waals surface area contributed by atoms with Crippen LogP contribution in [0, 0.1) is 23.2 Å². The Kier molecular flexibility index (Phi) is 6.75. The molecule has 0 aliphatic carbocycles.